The second-order valence-corrected chi connectivity index (χ2v) is 5.27. The van der Waals surface area contributed by atoms with Gasteiger partial charge >= 0.3 is 0 Å². The van der Waals surface area contributed by atoms with E-state index in [1.54, 1.807) is 0 Å². The van der Waals surface area contributed by atoms with Gasteiger partial charge in [-0.2, -0.15) is 0 Å². The van der Waals surface area contributed by atoms with Crippen molar-refractivity contribution in [1.29, 1.82) is 0 Å². The highest BCUT2D eigenvalue weighted by molar-refractivity contribution is 5.13. The lowest BCUT2D eigenvalue weighted by Crippen LogP contribution is -2.50. The Morgan fingerprint density at radius 2 is 1.75 bits per heavy atom. The van der Waals surface area contributed by atoms with Crippen molar-refractivity contribution in [1.82, 2.24) is 0 Å². The molecule has 0 bridgehead atoms. The molecule has 0 radical (unpaired) electrons. The Kier molecular flexibility index (Phi) is 3.62. The first-order valence-electron chi connectivity index (χ1n) is 6.13. The molecular formula is C14H22NO+. The fourth-order valence-electron chi connectivity index (χ4n) is 2.57. The van der Waals surface area contributed by atoms with Crippen LogP contribution >= 0.6 is 0 Å². The van der Waals surface area contributed by atoms with Crippen molar-refractivity contribution >= 4 is 0 Å². The first-order valence-corrected chi connectivity index (χ1v) is 6.13. The molecule has 1 aromatic carbocycles. The maximum atomic E-state index is 5.44. The van der Waals surface area contributed by atoms with E-state index in [0.29, 0.717) is 0 Å². The smallest absolute Gasteiger partial charge is 0.104 e. The molecule has 0 spiro atoms. The summed E-state index contributed by atoms with van der Waals surface area (Å²) in [6.45, 7) is 2.98. The van der Waals surface area contributed by atoms with Crippen LogP contribution in [0.15, 0.2) is 30.3 Å². The van der Waals surface area contributed by atoms with Gasteiger partial charge in [0.05, 0.1) is 33.4 Å². The van der Waals surface area contributed by atoms with Gasteiger partial charge in [-0.3, -0.25) is 0 Å². The van der Waals surface area contributed by atoms with Gasteiger partial charge in [0.25, 0.3) is 0 Å². The number of ether oxygens (including phenoxy) is 1. The molecule has 88 valence electrons. The van der Waals surface area contributed by atoms with Crippen LogP contribution in [0.1, 0.15) is 18.4 Å². The largest absolute Gasteiger partial charge is 0.381 e. The zero-order valence-corrected chi connectivity index (χ0v) is 10.4. The first-order chi connectivity index (χ1) is 7.68. The Morgan fingerprint density at radius 1 is 1.12 bits per heavy atom. The van der Waals surface area contributed by atoms with Crippen LogP contribution in [-0.4, -0.2) is 37.8 Å². The van der Waals surface area contributed by atoms with Gasteiger partial charge in [-0.1, -0.05) is 30.3 Å². The number of benzene rings is 1. The lowest BCUT2D eigenvalue weighted by molar-refractivity contribution is -0.929. The van der Waals surface area contributed by atoms with E-state index in [1.807, 2.05) is 0 Å². The number of rotatable bonds is 3. The predicted octanol–water partition coefficient (Wildman–Crippen LogP) is 2.44. The monoisotopic (exact) mass is 220 g/mol. The Morgan fingerprint density at radius 3 is 2.38 bits per heavy atom. The number of nitrogens with zero attached hydrogens (tertiary/aromatic N) is 1. The molecule has 2 rings (SSSR count). The van der Waals surface area contributed by atoms with Crippen molar-refractivity contribution in [3.8, 4) is 0 Å². The summed E-state index contributed by atoms with van der Waals surface area (Å²) in [5.74, 6) is 0. The van der Waals surface area contributed by atoms with E-state index in [1.165, 1.54) is 18.4 Å². The van der Waals surface area contributed by atoms with Crippen LogP contribution in [0.5, 0.6) is 0 Å². The van der Waals surface area contributed by atoms with Crippen molar-refractivity contribution in [3.05, 3.63) is 35.9 Å². The van der Waals surface area contributed by atoms with Crippen LogP contribution in [0, 0.1) is 0 Å². The minimum atomic E-state index is 0.744. The summed E-state index contributed by atoms with van der Waals surface area (Å²) >= 11 is 0. The van der Waals surface area contributed by atoms with Crippen LogP contribution in [0.3, 0.4) is 0 Å². The minimum Gasteiger partial charge on any atom is -0.381 e. The summed E-state index contributed by atoms with van der Waals surface area (Å²) in [4.78, 5) is 0. The molecule has 0 saturated carbocycles. The summed E-state index contributed by atoms with van der Waals surface area (Å²) in [6, 6.07) is 11.5. The van der Waals surface area contributed by atoms with Crippen molar-refractivity contribution in [2.45, 2.75) is 25.4 Å². The Labute approximate surface area is 98.4 Å². The van der Waals surface area contributed by atoms with Gasteiger partial charge in [0, 0.05) is 18.4 Å². The highest BCUT2D eigenvalue weighted by atomic mass is 16.5. The average molecular weight is 220 g/mol. The second kappa shape index (κ2) is 4.98. The topological polar surface area (TPSA) is 9.23 Å². The van der Waals surface area contributed by atoms with Gasteiger partial charge in [0.2, 0.25) is 0 Å². The third-order valence-electron chi connectivity index (χ3n) is 3.61. The molecule has 2 heteroatoms. The summed E-state index contributed by atoms with van der Waals surface area (Å²) in [5, 5.41) is 0. The summed E-state index contributed by atoms with van der Waals surface area (Å²) < 4.78 is 6.51. The van der Waals surface area contributed by atoms with Gasteiger partial charge in [-0.15, -0.1) is 0 Å². The molecule has 1 saturated heterocycles. The van der Waals surface area contributed by atoms with Crippen molar-refractivity contribution in [2.75, 3.05) is 27.3 Å². The maximum Gasteiger partial charge on any atom is 0.104 e. The number of quaternary nitrogens is 1. The van der Waals surface area contributed by atoms with E-state index in [4.69, 9.17) is 4.74 Å². The van der Waals surface area contributed by atoms with E-state index in [0.717, 1.165) is 30.3 Å². The van der Waals surface area contributed by atoms with Gasteiger partial charge < -0.3 is 9.22 Å². The normalized spacial score (nSPS) is 18.6. The molecule has 0 amide bonds. The van der Waals surface area contributed by atoms with Crippen LogP contribution in [0.4, 0.5) is 0 Å². The zero-order valence-electron chi connectivity index (χ0n) is 10.4. The van der Waals surface area contributed by atoms with Crippen LogP contribution < -0.4 is 0 Å². The molecule has 1 heterocycles. The molecule has 0 aromatic heterocycles. The molecule has 1 fully saturated rings. The predicted molar refractivity (Wildman–Crippen MR) is 66.1 cm³/mol. The van der Waals surface area contributed by atoms with Crippen molar-refractivity contribution in [2.24, 2.45) is 0 Å². The highest BCUT2D eigenvalue weighted by Crippen LogP contribution is 2.21. The van der Waals surface area contributed by atoms with Crippen LogP contribution in [-0.2, 0) is 11.3 Å². The van der Waals surface area contributed by atoms with Crippen molar-refractivity contribution < 1.29 is 9.22 Å². The van der Waals surface area contributed by atoms with E-state index in [2.05, 4.69) is 44.4 Å². The molecule has 1 aliphatic heterocycles. The lowest BCUT2D eigenvalue weighted by Gasteiger charge is -2.40. The van der Waals surface area contributed by atoms with Gasteiger partial charge in [0.15, 0.2) is 0 Å². The highest BCUT2D eigenvalue weighted by Gasteiger charge is 2.30. The molecule has 1 aliphatic rings. The zero-order chi connectivity index (χ0) is 11.4. The minimum absolute atomic E-state index is 0.744. The molecule has 0 atom stereocenters. The standard InChI is InChI=1S/C14H22NO/c1-15(2,14-8-10-16-11-9-14)12-13-6-4-3-5-7-13/h3-7,14H,8-12H2,1-2H3/q+1. The van der Waals surface area contributed by atoms with Gasteiger partial charge in [-0.25, -0.2) is 0 Å². The molecule has 0 unspecified atom stereocenters. The molecule has 16 heavy (non-hydrogen) atoms. The van der Waals surface area contributed by atoms with Crippen molar-refractivity contribution in [3.63, 3.8) is 0 Å². The Bertz CT molecular complexity index is 315. The fraction of sp³-hybridized carbons (Fsp3) is 0.571. The molecular weight excluding hydrogens is 198 g/mol. The van der Waals surface area contributed by atoms with Crippen LogP contribution in [0.25, 0.3) is 0 Å². The van der Waals surface area contributed by atoms with Gasteiger partial charge in [0.1, 0.15) is 6.54 Å². The quantitative estimate of drug-likeness (QED) is 0.711. The van der Waals surface area contributed by atoms with Crippen LogP contribution in [0.2, 0.25) is 0 Å². The third kappa shape index (κ3) is 2.83. The molecule has 2 nitrogen and oxygen atoms in total. The van der Waals surface area contributed by atoms with E-state index >= 15 is 0 Å². The Balaban J connectivity index is 2.01. The number of hydrogen-bond acceptors (Lipinski definition) is 1. The van der Waals surface area contributed by atoms with E-state index in [-0.39, 0.29) is 0 Å². The van der Waals surface area contributed by atoms with E-state index < -0.39 is 0 Å². The molecule has 0 N–H and O–H groups in total. The first kappa shape index (κ1) is 11.6. The molecule has 1 aromatic rings. The maximum absolute atomic E-state index is 5.44. The van der Waals surface area contributed by atoms with Gasteiger partial charge in [-0.05, 0) is 0 Å². The fourth-order valence-corrected chi connectivity index (χ4v) is 2.57. The SMILES string of the molecule is C[N+](C)(Cc1ccccc1)C1CCOCC1. The summed E-state index contributed by atoms with van der Waals surface area (Å²) in [6.07, 6.45) is 2.39. The summed E-state index contributed by atoms with van der Waals surface area (Å²) in [7, 11) is 4.67. The number of hydrogen-bond donors (Lipinski definition) is 0. The molecule has 0 aliphatic carbocycles. The summed E-state index contributed by atoms with van der Waals surface area (Å²) in [5.41, 5.74) is 1.43. The Hall–Kier alpha value is -0.860. The van der Waals surface area contributed by atoms with E-state index in [9.17, 15) is 0 Å². The second-order valence-electron chi connectivity index (χ2n) is 5.27. The lowest BCUT2D eigenvalue weighted by atomic mass is 10.0. The average Bonchev–Trinajstić information content (AvgIpc) is 2.31. The third-order valence-corrected chi connectivity index (χ3v) is 3.61.